The fraction of sp³-hybridized carbons (Fsp3) is 0. The van der Waals surface area contributed by atoms with Gasteiger partial charge in [-0.3, -0.25) is 0 Å². The van der Waals surface area contributed by atoms with Gasteiger partial charge in [0.25, 0.3) is 0 Å². The van der Waals surface area contributed by atoms with Crippen LogP contribution in [0.25, 0.3) is 88.0 Å². The van der Waals surface area contributed by atoms with E-state index in [1.165, 1.54) is 0 Å². The van der Waals surface area contributed by atoms with Crippen molar-refractivity contribution in [3.8, 4) is 44.5 Å². The average Bonchev–Trinajstić information content (AvgIpc) is 3.62. The maximum Gasteiger partial charge on any atom is 0.136 e. The number of hydrogen-bond acceptors (Lipinski definition) is 1. The fourth-order valence-corrected chi connectivity index (χ4v) is 6.32. The quantitative estimate of drug-likeness (QED) is 0.188. The van der Waals surface area contributed by atoms with Crippen LogP contribution < -0.4 is 0 Å². The van der Waals surface area contributed by atoms with Crippen LogP contribution in [0.4, 0.5) is 0 Å². The molecule has 0 bridgehead atoms. The summed E-state index contributed by atoms with van der Waals surface area (Å²) < 4.78 is 103. The van der Waals surface area contributed by atoms with Crippen LogP contribution in [0.5, 0.6) is 0 Å². The third-order valence-electron chi connectivity index (χ3n) is 8.26. The topological polar surface area (TPSA) is 13.1 Å². The minimum atomic E-state index is -0.470. The number of hydrogen-bond donors (Lipinski definition) is 0. The van der Waals surface area contributed by atoms with Gasteiger partial charge in [-0.25, -0.2) is 0 Å². The largest absolute Gasteiger partial charge is 0.456 e. The van der Waals surface area contributed by atoms with E-state index in [9.17, 15) is 4.11 Å². The molecule has 0 aliphatic rings. The lowest BCUT2D eigenvalue weighted by molar-refractivity contribution is 0.669. The van der Waals surface area contributed by atoms with E-state index in [4.69, 9.17) is 15.4 Å². The molecule has 0 unspecified atom stereocenters. The summed E-state index contributed by atoms with van der Waals surface area (Å²) in [6.07, 6.45) is 0. The highest BCUT2D eigenvalue weighted by molar-refractivity contribution is 6.25. The molecule has 0 atom stereocenters. The Kier molecular flexibility index (Phi) is 3.87. The summed E-state index contributed by atoms with van der Waals surface area (Å²) >= 11 is 0. The fourth-order valence-electron chi connectivity index (χ4n) is 6.32. The van der Waals surface area contributed by atoms with E-state index in [1.807, 2.05) is 60.7 Å². The molecule has 0 spiro atoms. The van der Waals surface area contributed by atoms with Crippen LogP contribution in [0.15, 0.2) is 174 Å². The molecule has 0 aliphatic heterocycles. The summed E-state index contributed by atoms with van der Waals surface area (Å²) in [5.41, 5.74) is 3.53. The van der Waals surface area contributed by atoms with Gasteiger partial charge in [0, 0.05) is 10.8 Å². The number of benzene rings is 8. The molecule has 0 amide bonds. The summed E-state index contributed by atoms with van der Waals surface area (Å²) in [5.74, 6) is 0. The van der Waals surface area contributed by atoms with E-state index in [2.05, 4.69) is 0 Å². The monoisotopic (exact) mass is 583 g/mol. The Morgan fingerprint density at radius 1 is 0.400 bits per heavy atom. The van der Waals surface area contributed by atoms with E-state index in [0.717, 1.165) is 16.3 Å². The highest BCUT2D eigenvalue weighted by Crippen LogP contribution is 2.47. The molecule has 0 radical (unpaired) electrons. The molecular formula is C44H28O. The molecule has 0 aliphatic carbocycles. The van der Waals surface area contributed by atoms with Crippen LogP contribution in [0, 0.1) is 0 Å². The van der Waals surface area contributed by atoms with Gasteiger partial charge in [0.05, 0.1) is 15.1 Å². The van der Waals surface area contributed by atoms with Crippen LogP contribution in [-0.2, 0) is 0 Å². The molecule has 0 fully saturated rings. The summed E-state index contributed by atoms with van der Waals surface area (Å²) in [6, 6.07) is 27.7. The molecule has 0 saturated heterocycles. The van der Waals surface area contributed by atoms with E-state index in [-0.39, 0.29) is 87.0 Å². The molecule has 8 aromatic carbocycles. The van der Waals surface area contributed by atoms with Crippen LogP contribution >= 0.6 is 0 Å². The van der Waals surface area contributed by atoms with Gasteiger partial charge >= 0.3 is 0 Å². The van der Waals surface area contributed by atoms with Crippen molar-refractivity contribution in [1.29, 1.82) is 0 Å². The third-order valence-corrected chi connectivity index (χ3v) is 8.26. The van der Waals surface area contributed by atoms with E-state index >= 15 is 0 Å². The van der Waals surface area contributed by atoms with Crippen LogP contribution in [-0.4, -0.2) is 0 Å². The Morgan fingerprint density at radius 2 is 1.04 bits per heavy atom. The maximum absolute atomic E-state index is 9.42. The predicted molar refractivity (Wildman–Crippen MR) is 190 cm³/mol. The second kappa shape index (κ2) is 10.4. The number of fused-ring (bicyclic) bond motifs is 5. The van der Waals surface area contributed by atoms with Crippen molar-refractivity contribution in [2.75, 3.05) is 0 Å². The first kappa shape index (κ1) is 16.8. The zero-order valence-corrected chi connectivity index (χ0v) is 23.7. The third kappa shape index (κ3) is 4.17. The lowest BCUT2D eigenvalue weighted by Crippen LogP contribution is -1.91. The van der Waals surface area contributed by atoms with Gasteiger partial charge in [0.2, 0.25) is 0 Å². The highest BCUT2D eigenvalue weighted by Gasteiger charge is 2.20. The van der Waals surface area contributed by atoms with E-state index in [0.29, 0.717) is 33.0 Å². The highest BCUT2D eigenvalue weighted by atomic mass is 16.3. The van der Waals surface area contributed by atoms with Gasteiger partial charge in [0.15, 0.2) is 0 Å². The summed E-state index contributed by atoms with van der Waals surface area (Å²) in [5, 5.41) is 3.20. The Balaban J connectivity index is 1.40. The maximum atomic E-state index is 9.42. The Hall–Kier alpha value is -5.92. The normalized spacial score (nSPS) is 15.0. The molecule has 45 heavy (non-hydrogen) atoms. The summed E-state index contributed by atoms with van der Waals surface area (Å²) in [6.45, 7) is 0. The summed E-state index contributed by atoms with van der Waals surface area (Å²) in [4.78, 5) is 0. The van der Waals surface area contributed by atoms with Gasteiger partial charge < -0.3 is 4.42 Å². The standard InChI is InChI=1S/C44H28O/c1-3-13-29(14-4-1)31-17-11-18-33(27-31)42-34-19-7-9-21-36(34)43(37-22-10-8-20-35(37)42)39-23-12-24-40-44(39)38-26-25-32(28-41(38)45-40)30-15-5-2-6-16-30/h1-28H/i1D,3D,4D,12D,13D,14D,23D,24D,25D,26D,28D. The molecule has 0 saturated carbocycles. The van der Waals surface area contributed by atoms with Crippen molar-refractivity contribution < 1.29 is 19.5 Å². The summed E-state index contributed by atoms with van der Waals surface area (Å²) in [7, 11) is 0. The Bertz CT molecular complexity index is 3070. The van der Waals surface area contributed by atoms with Crippen molar-refractivity contribution in [2.45, 2.75) is 0 Å². The first-order chi connectivity index (χ1) is 26.9. The van der Waals surface area contributed by atoms with Gasteiger partial charge in [-0.05, 0) is 90.2 Å². The zero-order chi connectivity index (χ0) is 39.3. The second-order valence-electron chi connectivity index (χ2n) is 10.8. The van der Waals surface area contributed by atoms with Crippen molar-refractivity contribution in [1.82, 2.24) is 0 Å². The predicted octanol–water partition coefficient (Wildman–Crippen LogP) is 12.6. The number of rotatable bonds is 4. The molecule has 210 valence electrons. The van der Waals surface area contributed by atoms with Gasteiger partial charge in [-0.1, -0.05) is 145 Å². The average molecular weight is 584 g/mol. The van der Waals surface area contributed by atoms with Crippen LogP contribution in [0.3, 0.4) is 0 Å². The molecule has 0 N–H and O–H groups in total. The first-order valence-corrected chi connectivity index (χ1v) is 14.5. The lowest BCUT2D eigenvalue weighted by atomic mass is 9.84. The van der Waals surface area contributed by atoms with Gasteiger partial charge in [0.1, 0.15) is 11.2 Å². The van der Waals surface area contributed by atoms with E-state index < -0.39 is 18.1 Å². The van der Waals surface area contributed by atoms with Crippen molar-refractivity contribution >= 4 is 43.5 Å². The molecule has 9 aromatic rings. The second-order valence-corrected chi connectivity index (χ2v) is 10.8. The molecule has 1 heterocycles. The number of furan rings is 1. The van der Waals surface area contributed by atoms with Crippen molar-refractivity contribution in [3.63, 3.8) is 0 Å². The minimum absolute atomic E-state index is 0.00528. The van der Waals surface area contributed by atoms with Gasteiger partial charge in [-0.15, -0.1) is 0 Å². The van der Waals surface area contributed by atoms with E-state index in [1.54, 1.807) is 42.5 Å². The Labute approximate surface area is 277 Å². The van der Waals surface area contributed by atoms with Gasteiger partial charge in [-0.2, -0.15) is 0 Å². The lowest BCUT2D eigenvalue weighted by Gasteiger charge is -2.18. The minimum Gasteiger partial charge on any atom is -0.456 e. The Morgan fingerprint density at radius 3 is 1.78 bits per heavy atom. The molecule has 1 aromatic heterocycles. The van der Waals surface area contributed by atoms with Crippen molar-refractivity contribution in [2.24, 2.45) is 0 Å². The molecule has 1 nitrogen and oxygen atoms in total. The zero-order valence-electron chi connectivity index (χ0n) is 34.7. The molecule has 9 rings (SSSR count). The van der Waals surface area contributed by atoms with Crippen molar-refractivity contribution in [3.05, 3.63) is 170 Å². The first-order valence-electron chi connectivity index (χ1n) is 20.0. The van der Waals surface area contributed by atoms with Crippen LogP contribution in [0.1, 0.15) is 15.1 Å². The smallest absolute Gasteiger partial charge is 0.136 e. The molecule has 1 heteroatoms. The van der Waals surface area contributed by atoms with Crippen LogP contribution in [0.2, 0.25) is 0 Å². The molecular weight excluding hydrogens is 544 g/mol. The SMILES string of the molecule is [2H]c1c([2H])c([2H])c(-c2cccc(-c3c4ccccc4c(-c4c([2H])c([2H])c([2H])c5oc6c([2H])c(-c7ccccc7)c([2H])c([2H])c6c45)c4ccccc34)c2)c([2H])c1[2H].